The summed E-state index contributed by atoms with van der Waals surface area (Å²) in [5, 5.41) is 2.85. The molecule has 8 nitrogen and oxygen atoms in total. The van der Waals surface area contributed by atoms with Gasteiger partial charge in [0, 0.05) is 13.1 Å². The SMILES string of the molecule is COc1ccc(S(=O)(=O)N2CCCCC2)cc1NC(=O)C[NH+]1C[C@@H](C)O[C@H](C)C1. The second-order valence-corrected chi connectivity index (χ2v) is 9.91. The van der Waals surface area contributed by atoms with Gasteiger partial charge in [-0.25, -0.2) is 8.42 Å². The van der Waals surface area contributed by atoms with Crippen LogP contribution in [0, 0.1) is 0 Å². The summed E-state index contributed by atoms with van der Waals surface area (Å²) >= 11 is 0. The number of quaternary nitrogens is 1. The molecule has 2 saturated heterocycles. The van der Waals surface area contributed by atoms with Crippen molar-refractivity contribution in [2.24, 2.45) is 0 Å². The predicted molar refractivity (Wildman–Crippen MR) is 110 cm³/mol. The normalized spacial score (nSPS) is 26.1. The minimum atomic E-state index is -3.58. The van der Waals surface area contributed by atoms with Crippen molar-refractivity contribution >= 4 is 21.6 Å². The number of morpholine rings is 1. The molecule has 0 aromatic heterocycles. The number of hydrogen-bond donors (Lipinski definition) is 2. The van der Waals surface area contributed by atoms with Crippen LogP contribution >= 0.6 is 0 Å². The number of nitrogens with zero attached hydrogens (tertiary/aromatic N) is 1. The van der Waals surface area contributed by atoms with Gasteiger partial charge in [0.05, 0.1) is 17.7 Å². The first kappa shape index (κ1) is 22.0. The van der Waals surface area contributed by atoms with Gasteiger partial charge in [-0.3, -0.25) is 4.79 Å². The Balaban J connectivity index is 1.74. The number of hydrogen-bond acceptors (Lipinski definition) is 5. The number of carbonyl (C=O) groups excluding carboxylic acids is 1. The quantitative estimate of drug-likeness (QED) is 0.692. The van der Waals surface area contributed by atoms with Crippen LogP contribution in [0.25, 0.3) is 0 Å². The zero-order valence-electron chi connectivity index (χ0n) is 17.4. The van der Waals surface area contributed by atoms with Crippen molar-refractivity contribution in [2.45, 2.75) is 50.2 Å². The maximum atomic E-state index is 13.0. The van der Waals surface area contributed by atoms with Crippen molar-refractivity contribution in [3.63, 3.8) is 0 Å². The molecular formula is C20H32N3O5S+. The Kier molecular flexibility index (Phi) is 7.15. The first-order valence-electron chi connectivity index (χ1n) is 10.3. The van der Waals surface area contributed by atoms with Gasteiger partial charge in [-0.2, -0.15) is 4.31 Å². The van der Waals surface area contributed by atoms with Crippen LogP contribution in [0.15, 0.2) is 23.1 Å². The largest absolute Gasteiger partial charge is 0.495 e. The highest BCUT2D eigenvalue weighted by atomic mass is 32.2. The van der Waals surface area contributed by atoms with Crippen LogP contribution in [0.1, 0.15) is 33.1 Å². The molecule has 1 aromatic rings. The Labute approximate surface area is 173 Å². The zero-order valence-corrected chi connectivity index (χ0v) is 18.3. The highest BCUT2D eigenvalue weighted by molar-refractivity contribution is 7.89. The van der Waals surface area contributed by atoms with Crippen LogP contribution in [0.4, 0.5) is 5.69 Å². The van der Waals surface area contributed by atoms with E-state index in [-0.39, 0.29) is 23.0 Å². The molecule has 2 aliphatic heterocycles. The third-order valence-electron chi connectivity index (χ3n) is 5.43. The van der Waals surface area contributed by atoms with E-state index in [1.807, 2.05) is 13.8 Å². The number of benzene rings is 1. The van der Waals surface area contributed by atoms with Crippen LogP contribution in [-0.4, -0.2) is 70.7 Å². The molecule has 29 heavy (non-hydrogen) atoms. The molecule has 9 heteroatoms. The topological polar surface area (TPSA) is 89.4 Å². The van der Waals surface area contributed by atoms with Crippen LogP contribution in [0.5, 0.6) is 5.75 Å². The molecule has 0 radical (unpaired) electrons. The van der Waals surface area contributed by atoms with Gasteiger partial charge in [0.1, 0.15) is 31.0 Å². The molecule has 162 valence electrons. The summed E-state index contributed by atoms with van der Waals surface area (Å²) in [4.78, 5) is 14.0. The van der Waals surface area contributed by atoms with Crippen molar-refractivity contribution < 1.29 is 27.6 Å². The second-order valence-electron chi connectivity index (χ2n) is 7.97. The minimum absolute atomic E-state index is 0.106. The average molecular weight is 427 g/mol. The number of carbonyl (C=O) groups is 1. The number of nitrogens with one attached hydrogen (secondary N) is 2. The van der Waals surface area contributed by atoms with Gasteiger partial charge >= 0.3 is 0 Å². The van der Waals surface area contributed by atoms with E-state index in [1.165, 1.54) is 23.5 Å². The smallest absolute Gasteiger partial charge is 0.279 e. The maximum absolute atomic E-state index is 13.0. The highest BCUT2D eigenvalue weighted by Crippen LogP contribution is 2.29. The molecular weight excluding hydrogens is 394 g/mol. The number of piperidine rings is 1. The molecule has 3 rings (SSSR count). The van der Waals surface area contributed by atoms with E-state index in [4.69, 9.17) is 9.47 Å². The van der Waals surface area contributed by atoms with Gasteiger partial charge in [-0.1, -0.05) is 6.42 Å². The zero-order chi connectivity index (χ0) is 21.0. The van der Waals surface area contributed by atoms with Crippen LogP contribution in [0.3, 0.4) is 0 Å². The molecule has 1 amide bonds. The van der Waals surface area contributed by atoms with E-state index in [0.29, 0.717) is 31.1 Å². The standard InChI is InChI=1S/C20H31N3O5S/c1-15-12-22(13-16(2)28-15)14-20(24)21-18-11-17(7-8-19(18)27-3)29(25,26)23-9-5-4-6-10-23/h7-8,11,15-16H,4-6,9-10,12-14H2,1-3H3,(H,21,24)/p+1/t15-,16-/m1/s1. The lowest BCUT2D eigenvalue weighted by molar-refractivity contribution is -0.907. The number of methoxy groups -OCH3 is 1. The third kappa shape index (κ3) is 5.48. The monoisotopic (exact) mass is 426 g/mol. The molecule has 0 aliphatic carbocycles. The Morgan fingerprint density at radius 1 is 1.21 bits per heavy atom. The fraction of sp³-hybridized carbons (Fsp3) is 0.650. The van der Waals surface area contributed by atoms with Crippen LogP contribution < -0.4 is 15.0 Å². The molecule has 0 bridgehead atoms. The van der Waals surface area contributed by atoms with E-state index in [9.17, 15) is 13.2 Å². The predicted octanol–water partition coefficient (Wildman–Crippen LogP) is 0.500. The fourth-order valence-electron chi connectivity index (χ4n) is 4.15. The fourth-order valence-corrected chi connectivity index (χ4v) is 5.70. The molecule has 0 unspecified atom stereocenters. The summed E-state index contributed by atoms with van der Waals surface area (Å²) < 4.78 is 38.5. The Morgan fingerprint density at radius 2 is 1.86 bits per heavy atom. The number of anilines is 1. The third-order valence-corrected chi connectivity index (χ3v) is 7.32. The first-order valence-corrected chi connectivity index (χ1v) is 11.7. The van der Waals surface area contributed by atoms with E-state index >= 15 is 0 Å². The van der Waals surface area contributed by atoms with E-state index in [1.54, 1.807) is 6.07 Å². The van der Waals surface area contributed by atoms with Crippen molar-refractivity contribution in [1.82, 2.24) is 4.31 Å². The Hall–Kier alpha value is -1.68. The lowest BCUT2D eigenvalue weighted by Crippen LogP contribution is -3.16. The highest BCUT2D eigenvalue weighted by Gasteiger charge is 2.29. The Morgan fingerprint density at radius 3 is 2.48 bits per heavy atom. The van der Waals surface area contributed by atoms with E-state index in [2.05, 4.69) is 5.32 Å². The summed E-state index contributed by atoms with van der Waals surface area (Å²) in [6.45, 7) is 6.90. The van der Waals surface area contributed by atoms with Crippen LogP contribution in [-0.2, 0) is 19.6 Å². The molecule has 2 fully saturated rings. The van der Waals surface area contributed by atoms with Crippen molar-refractivity contribution in [3.05, 3.63) is 18.2 Å². The van der Waals surface area contributed by atoms with Crippen molar-refractivity contribution in [1.29, 1.82) is 0 Å². The number of ether oxygens (including phenoxy) is 2. The lowest BCUT2D eigenvalue weighted by Gasteiger charge is -2.32. The molecule has 1 aromatic carbocycles. The number of rotatable bonds is 6. The van der Waals surface area contributed by atoms with Gasteiger partial charge < -0.3 is 19.7 Å². The van der Waals surface area contributed by atoms with Gasteiger partial charge in [0.2, 0.25) is 10.0 Å². The molecule has 2 aliphatic rings. The van der Waals surface area contributed by atoms with Crippen molar-refractivity contribution in [2.75, 3.05) is 45.2 Å². The minimum Gasteiger partial charge on any atom is -0.495 e. The summed E-state index contributed by atoms with van der Waals surface area (Å²) in [6, 6.07) is 4.63. The van der Waals surface area contributed by atoms with Gasteiger partial charge in [-0.15, -0.1) is 0 Å². The summed E-state index contributed by atoms with van der Waals surface area (Å²) in [5.41, 5.74) is 0.379. The lowest BCUT2D eigenvalue weighted by atomic mass is 10.2. The number of sulfonamides is 1. The first-order chi connectivity index (χ1) is 13.8. The molecule has 2 atom stereocenters. The van der Waals surface area contributed by atoms with E-state index in [0.717, 1.165) is 37.3 Å². The molecule has 2 N–H and O–H groups in total. The van der Waals surface area contributed by atoms with E-state index < -0.39 is 10.0 Å². The van der Waals surface area contributed by atoms with Gasteiger partial charge in [0.15, 0.2) is 6.54 Å². The molecule has 0 spiro atoms. The van der Waals surface area contributed by atoms with Crippen LogP contribution in [0.2, 0.25) is 0 Å². The molecule has 0 saturated carbocycles. The second kappa shape index (κ2) is 9.42. The summed E-state index contributed by atoms with van der Waals surface area (Å²) in [5.74, 6) is 0.266. The summed E-state index contributed by atoms with van der Waals surface area (Å²) in [6.07, 6.45) is 3.01. The molecule has 2 heterocycles. The average Bonchev–Trinajstić information content (AvgIpc) is 2.67. The summed E-state index contributed by atoms with van der Waals surface area (Å²) in [7, 11) is -2.08. The maximum Gasteiger partial charge on any atom is 0.279 e. The van der Waals surface area contributed by atoms with Gasteiger partial charge in [0.25, 0.3) is 5.91 Å². The number of amides is 1. The van der Waals surface area contributed by atoms with Gasteiger partial charge in [-0.05, 0) is 44.9 Å². The Bertz CT molecular complexity index is 813. The van der Waals surface area contributed by atoms with Crippen molar-refractivity contribution in [3.8, 4) is 5.75 Å².